The summed E-state index contributed by atoms with van der Waals surface area (Å²) in [7, 11) is 3.17. The molecule has 0 unspecified atom stereocenters. The molecular formula is C18H19Cl2NO4. The summed E-state index contributed by atoms with van der Waals surface area (Å²) in [5.74, 6) is 1.52. The SMILES string of the molecule is COc1ccc(CCNC(=O)COc2ccc(Cl)cc2Cl)cc1OC. The number of amides is 1. The molecule has 0 atom stereocenters. The van der Waals surface area contributed by atoms with Gasteiger partial charge in [0.25, 0.3) is 5.91 Å². The lowest BCUT2D eigenvalue weighted by atomic mass is 10.1. The van der Waals surface area contributed by atoms with Crippen molar-refractivity contribution in [3.05, 3.63) is 52.0 Å². The van der Waals surface area contributed by atoms with Crippen molar-refractivity contribution >= 4 is 29.1 Å². The molecule has 0 fully saturated rings. The van der Waals surface area contributed by atoms with Crippen LogP contribution in [-0.4, -0.2) is 33.3 Å². The summed E-state index contributed by atoms with van der Waals surface area (Å²) < 4.78 is 15.8. The van der Waals surface area contributed by atoms with Gasteiger partial charge < -0.3 is 19.5 Å². The molecule has 0 aliphatic heterocycles. The number of benzene rings is 2. The molecule has 134 valence electrons. The van der Waals surface area contributed by atoms with E-state index in [1.54, 1.807) is 32.4 Å². The van der Waals surface area contributed by atoms with Gasteiger partial charge in [-0.15, -0.1) is 0 Å². The van der Waals surface area contributed by atoms with E-state index in [1.807, 2.05) is 18.2 Å². The Hall–Kier alpha value is -2.11. The first-order valence-corrected chi connectivity index (χ1v) is 8.34. The Morgan fingerprint density at radius 2 is 1.72 bits per heavy atom. The van der Waals surface area contributed by atoms with Crippen molar-refractivity contribution < 1.29 is 19.0 Å². The van der Waals surface area contributed by atoms with Crippen molar-refractivity contribution in [1.29, 1.82) is 0 Å². The van der Waals surface area contributed by atoms with Gasteiger partial charge in [-0.05, 0) is 42.3 Å². The van der Waals surface area contributed by atoms with Crippen molar-refractivity contribution in [2.24, 2.45) is 0 Å². The predicted molar refractivity (Wildman–Crippen MR) is 98.2 cm³/mol. The van der Waals surface area contributed by atoms with Gasteiger partial charge in [0.05, 0.1) is 19.2 Å². The number of halogens is 2. The molecule has 1 N–H and O–H groups in total. The minimum atomic E-state index is -0.230. The number of hydrogen-bond donors (Lipinski definition) is 1. The third-order valence-electron chi connectivity index (χ3n) is 3.44. The van der Waals surface area contributed by atoms with Gasteiger partial charge in [0.15, 0.2) is 18.1 Å². The number of ether oxygens (including phenoxy) is 3. The van der Waals surface area contributed by atoms with E-state index in [4.69, 9.17) is 37.4 Å². The number of nitrogens with one attached hydrogen (secondary N) is 1. The Bertz CT molecular complexity index is 737. The maximum atomic E-state index is 11.9. The van der Waals surface area contributed by atoms with Crippen molar-refractivity contribution in [3.63, 3.8) is 0 Å². The van der Waals surface area contributed by atoms with Gasteiger partial charge in [-0.1, -0.05) is 29.3 Å². The Labute approximate surface area is 156 Å². The normalized spacial score (nSPS) is 10.2. The van der Waals surface area contributed by atoms with Crippen LogP contribution in [0.2, 0.25) is 10.0 Å². The minimum Gasteiger partial charge on any atom is -0.493 e. The number of carbonyl (C=O) groups excluding carboxylic acids is 1. The quantitative estimate of drug-likeness (QED) is 0.753. The Balaban J connectivity index is 1.78. The summed E-state index contributed by atoms with van der Waals surface area (Å²) in [6.07, 6.45) is 0.661. The fraction of sp³-hybridized carbons (Fsp3) is 0.278. The molecule has 0 aromatic heterocycles. The monoisotopic (exact) mass is 383 g/mol. The Morgan fingerprint density at radius 1 is 1.00 bits per heavy atom. The molecule has 0 bridgehead atoms. The van der Waals surface area contributed by atoms with Gasteiger partial charge in [0, 0.05) is 11.6 Å². The van der Waals surface area contributed by atoms with Crippen LogP contribution in [0.3, 0.4) is 0 Å². The first-order valence-electron chi connectivity index (χ1n) is 7.59. The molecule has 2 rings (SSSR count). The van der Waals surface area contributed by atoms with E-state index in [0.29, 0.717) is 40.3 Å². The number of hydrogen-bond acceptors (Lipinski definition) is 4. The number of carbonyl (C=O) groups is 1. The maximum absolute atomic E-state index is 11.9. The highest BCUT2D eigenvalue weighted by Crippen LogP contribution is 2.28. The molecule has 0 heterocycles. The fourth-order valence-electron chi connectivity index (χ4n) is 2.17. The largest absolute Gasteiger partial charge is 0.493 e. The number of methoxy groups -OCH3 is 2. The Kier molecular flexibility index (Phi) is 7.22. The van der Waals surface area contributed by atoms with Gasteiger partial charge >= 0.3 is 0 Å². The molecule has 0 spiro atoms. The molecular weight excluding hydrogens is 365 g/mol. The van der Waals surface area contributed by atoms with Gasteiger partial charge in [0.2, 0.25) is 0 Å². The smallest absolute Gasteiger partial charge is 0.257 e. The molecule has 5 nitrogen and oxygen atoms in total. The molecule has 0 aliphatic carbocycles. The molecule has 2 aromatic rings. The average molecular weight is 384 g/mol. The summed E-state index contributed by atoms with van der Waals surface area (Å²) in [4.78, 5) is 11.9. The van der Waals surface area contributed by atoms with Crippen LogP contribution in [0.1, 0.15) is 5.56 Å². The maximum Gasteiger partial charge on any atom is 0.257 e. The van der Waals surface area contributed by atoms with Crippen LogP contribution < -0.4 is 19.5 Å². The lowest BCUT2D eigenvalue weighted by molar-refractivity contribution is -0.123. The summed E-state index contributed by atoms with van der Waals surface area (Å²) >= 11 is 11.8. The average Bonchev–Trinajstić information content (AvgIpc) is 2.60. The van der Waals surface area contributed by atoms with Crippen LogP contribution in [-0.2, 0) is 11.2 Å². The lowest BCUT2D eigenvalue weighted by Gasteiger charge is -2.11. The van der Waals surface area contributed by atoms with Crippen molar-refractivity contribution in [1.82, 2.24) is 5.32 Å². The van der Waals surface area contributed by atoms with Crippen molar-refractivity contribution in [2.75, 3.05) is 27.4 Å². The van der Waals surface area contributed by atoms with Gasteiger partial charge in [-0.25, -0.2) is 0 Å². The van der Waals surface area contributed by atoms with E-state index in [2.05, 4.69) is 5.32 Å². The topological polar surface area (TPSA) is 56.8 Å². The first kappa shape index (κ1) is 19.2. The highest BCUT2D eigenvalue weighted by Gasteiger charge is 2.08. The standard InChI is InChI=1S/C18H19Cl2NO4/c1-23-16-5-3-12(9-17(16)24-2)7-8-21-18(22)11-25-15-6-4-13(19)10-14(15)20/h3-6,9-10H,7-8,11H2,1-2H3,(H,21,22). The van der Waals surface area contributed by atoms with Gasteiger partial charge in [-0.2, -0.15) is 0 Å². The predicted octanol–water partition coefficient (Wildman–Crippen LogP) is 3.75. The van der Waals surface area contributed by atoms with Crippen molar-refractivity contribution in [3.8, 4) is 17.2 Å². The van der Waals surface area contributed by atoms with Crippen LogP contribution in [0.15, 0.2) is 36.4 Å². The molecule has 0 radical (unpaired) electrons. The van der Waals surface area contributed by atoms with E-state index in [9.17, 15) is 4.79 Å². The second-order valence-electron chi connectivity index (χ2n) is 5.15. The van der Waals surface area contributed by atoms with E-state index in [-0.39, 0.29) is 12.5 Å². The first-order chi connectivity index (χ1) is 12.0. The van der Waals surface area contributed by atoms with Crippen molar-refractivity contribution in [2.45, 2.75) is 6.42 Å². The molecule has 1 amide bonds. The third-order valence-corrected chi connectivity index (χ3v) is 3.97. The summed E-state index contributed by atoms with van der Waals surface area (Å²) in [5, 5.41) is 3.67. The van der Waals surface area contributed by atoms with Crippen LogP contribution in [0.25, 0.3) is 0 Å². The molecule has 0 aliphatic rings. The summed E-state index contributed by atoms with van der Waals surface area (Å²) in [5.41, 5.74) is 1.03. The van der Waals surface area contributed by atoms with E-state index in [0.717, 1.165) is 5.56 Å². The van der Waals surface area contributed by atoms with E-state index in [1.165, 1.54) is 0 Å². The fourth-order valence-corrected chi connectivity index (χ4v) is 2.63. The zero-order chi connectivity index (χ0) is 18.2. The molecule has 25 heavy (non-hydrogen) atoms. The third kappa shape index (κ3) is 5.73. The van der Waals surface area contributed by atoms with E-state index >= 15 is 0 Å². The van der Waals surface area contributed by atoms with Gasteiger partial charge in [-0.3, -0.25) is 4.79 Å². The molecule has 0 saturated carbocycles. The van der Waals surface area contributed by atoms with Crippen LogP contribution in [0.5, 0.6) is 17.2 Å². The highest BCUT2D eigenvalue weighted by atomic mass is 35.5. The highest BCUT2D eigenvalue weighted by molar-refractivity contribution is 6.35. The zero-order valence-corrected chi connectivity index (χ0v) is 15.5. The molecule has 0 saturated heterocycles. The van der Waals surface area contributed by atoms with E-state index < -0.39 is 0 Å². The van der Waals surface area contributed by atoms with Crippen LogP contribution >= 0.6 is 23.2 Å². The van der Waals surface area contributed by atoms with Crippen LogP contribution in [0, 0.1) is 0 Å². The summed E-state index contributed by atoms with van der Waals surface area (Å²) in [6.45, 7) is 0.360. The Morgan fingerprint density at radius 3 is 2.40 bits per heavy atom. The van der Waals surface area contributed by atoms with Gasteiger partial charge in [0.1, 0.15) is 5.75 Å². The second kappa shape index (κ2) is 9.39. The molecule has 2 aromatic carbocycles. The van der Waals surface area contributed by atoms with Crippen LogP contribution in [0.4, 0.5) is 0 Å². The lowest BCUT2D eigenvalue weighted by Crippen LogP contribution is -2.30. The molecule has 7 heteroatoms. The minimum absolute atomic E-state index is 0.118. The zero-order valence-electron chi connectivity index (χ0n) is 14.0. The summed E-state index contributed by atoms with van der Waals surface area (Å²) in [6, 6.07) is 10.5. The number of rotatable bonds is 8. The second-order valence-corrected chi connectivity index (χ2v) is 6.00.